The number of fused-ring (bicyclic) bond motifs is 1. The van der Waals surface area contributed by atoms with E-state index in [2.05, 4.69) is 30.7 Å². The van der Waals surface area contributed by atoms with Crippen LogP contribution < -0.4 is 16.4 Å². The van der Waals surface area contributed by atoms with Gasteiger partial charge in [-0.05, 0) is 11.8 Å². The summed E-state index contributed by atoms with van der Waals surface area (Å²) in [6.07, 6.45) is 3.76. The van der Waals surface area contributed by atoms with Crippen molar-refractivity contribution < 1.29 is 29.2 Å². The van der Waals surface area contributed by atoms with E-state index < -0.39 is 50.0 Å². The average Bonchev–Trinajstić information content (AvgIpc) is 3.14. The number of aromatic nitrogens is 2. The molecule has 3 amide bonds. The zero-order valence-corrected chi connectivity index (χ0v) is 25.0. The Hall–Kier alpha value is -3.52. The van der Waals surface area contributed by atoms with Gasteiger partial charge in [0.05, 0.1) is 0 Å². The van der Waals surface area contributed by atoms with E-state index in [0.717, 1.165) is 39.9 Å². The van der Waals surface area contributed by atoms with Crippen LogP contribution in [0.15, 0.2) is 44.9 Å². The smallest absolute Gasteiger partial charge is 0.381 e. The highest BCUT2D eigenvalue weighted by atomic mass is 35.5. The van der Waals surface area contributed by atoms with Crippen LogP contribution in [0.5, 0.6) is 0 Å². The normalized spacial score (nSPS) is 29.1. The highest BCUT2D eigenvalue weighted by molar-refractivity contribution is 8.06. The molecule has 5 bridgehead atoms. The highest BCUT2D eigenvalue weighted by Crippen LogP contribution is 2.66. The SMILES string of the molecule is CCSC1NC(=O)C2=NC3=C4C(=O)ON2[C@@]2(Sc5ccncc51)C(=O)N4[C@H]2SC3(NC(=O)C=NO)c1nc(N)sc1Cl. The van der Waals surface area contributed by atoms with Crippen molar-refractivity contribution in [2.24, 2.45) is 10.1 Å². The zero-order valence-electron chi connectivity index (χ0n) is 20.9. The maximum Gasteiger partial charge on any atom is 0.381 e. The summed E-state index contributed by atoms with van der Waals surface area (Å²) < 4.78 is 0.0573. The molecule has 4 atom stereocenters. The molecule has 2 unspecified atom stereocenters. The second kappa shape index (κ2) is 9.49. The average molecular weight is 666 g/mol. The van der Waals surface area contributed by atoms with Gasteiger partial charge in [0.2, 0.25) is 10.7 Å². The molecule has 216 valence electrons. The van der Waals surface area contributed by atoms with Crippen molar-refractivity contribution in [1.82, 2.24) is 30.6 Å². The molecule has 3 saturated heterocycles. The largest absolute Gasteiger partial charge is 0.411 e. The van der Waals surface area contributed by atoms with E-state index in [4.69, 9.17) is 27.4 Å². The van der Waals surface area contributed by atoms with Crippen LogP contribution in [-0.2, 0) is 28.9 Å². The lowest BCUT2D eigenvalue weighted by Gasteiger charge is -2.59. The number of rotatable bonds is 5. The summed E-state index contributed by atoms with van der Waals surface area (Å²) in [6.45, 7) is 1.93. The Kier molecular flexibility index (Phi) is 6.18. The fraction of sp³-hybridized carbons (Fsp3) is 0.273. The number of amidine groups is 1. The molecule has 0 radical (unpaired) electrons. The third-order valence-corrected chi connectivity index (χ3v) is 12.2. The molecule has 6 aliphatic rings. The number of amides is 3. The number of nitrogen functional groups attached to an aromatic ring is 1. The van der Waals surface area contributed by atoms with Crippen molar-refractivity contribution in [3.63, 3.8) is 0 Å². The van der Waals surface area contributed by atoms with Crippen LogP contribution in [-0.4, -0.2) is 76.9 Å². The van der Waals surface area contributed by atoms with E-state index in [1.807, 2.05) is 6.92 Å². The number of anilines is 1. The van der Waals surface area contributed by atoms with Crippen molar-refractivity contribution in [1.29, 1.82) is 0 Å². The van der Waals surface area contributed by atoms with Gasteiger partial charge in [0.25, 0.3) is 17.7 Å². The number of pyridine rings is 1. The molecule has 8 rings (SSSR count). The lowest BCUT2D eigenvalue weighted by molar-refractivity contribution is -0.183. The predicted molar refractivity (Wildman–Crippen MR) is 154 cm³/mol. The molecule has 3 fully saturated rings. The van der Waals surface area contributed by atoms with Crippen molar-refractivity contribution in [2.75, 3.05) is 11.5 Å². The maximum atomic E-state index is 14.2. The molecule has 5 N–H and O–H groups in total. The molecule has 15 nitrogen and oxygen atoms in total. The Bertz CT molecular complexity index is 1720. The first-order valence-electron chi connectivity index (χ1n) is 12.0. The molecule has 2 aromatic heterocycles. The predicted octanol–water partition coefficient (Wildman–Crippen LogP) is 1.19. The standard InChI is InChI=1S/C22H16ClN9O6S4/c1-2-39-16-7-5-25-4-3-8(7)41-22-18(36)31-10-11(27-14(15(34)29-16)32(22)38-17(10)35)21(42-19(22)31,30-9(33)6-26-37)12-13(23)40-20(24)28-12/h3-6,16,19,37H,2H2,1H3,(H2,24,28)(H,29,34)(H,30,33)/t16?,19-,21?,22+/m0/s1. The van der Waals surface area contributed by atoms with Gasteiger partial charge in [0.15, 0.2) is 15.7 Å². The van der Waals surface area contributed by atoms with Crippen LogP contribution in [0, 0.1) is 0 Å². The number of nitrogens with zero attached hydrogens (tertiary/aromatic N) is 6. The first kappa shape index (κ1) is 27.3. The Morgan fingerprint density at radius 3 is 2.95 bits per heavy atom. The Morgan fingerprint density at radius 1 is 1.43 bits per heavy atom. The molecule has 0 aliphatic carbocycles. The quantitative estimate of drug-likeness (QED) is 0.153. The first-order valence-corrected chi connectivity index (χ1v) is 15.9. The van der Waals surface area contributed by atoms with Gasteiger partial charge in [-0.2, -0.15) is 5.06 Å². The van der Waals surface area contributed by atoms with Crippen molar-refractivity contribution in [3.8, 4) is 0 Å². The number of hydrogen-bond donors (Lipinski definition) is 4. The number of nitrogens with two attached hydrogens (primary N) is 1. The first-order chi connectivity index (χ1) is 20.2. The number of halogens is 1. The monoisotopic (exact) mass is 665 g/mol. The summed E-state index contributed by atoms with van der Waals surface area (Å²) in [4.78, 5) is 72.0. The molecule has 1 spiro atoms. The number of oxime groups is 1. The number of nitrogens with one attached hydrogen (secondary N) is 2. The van der Waals surface area contributed by atoms with Crippen LogP contribution in [0.2, 0.25) is 4.34 Å². The fourth-order valence-corrected chi connectivity index (χ4v) is 10.6. The summed E-state index contributed by atoms with van der Waals surface area (Å²) in [7, 11) is 0. The molecule has 0 saturated carbocycles. The van der Waals surface area contributed by atoms with Crippen LogP contribution in [0.4, 0.5) is 5.13 Å². The Morgan fingerprint density at radius 2 is 2.24 bits per heavy atom. The number of carbonyl (C=O) groups is 4. The lowest BCUT2D eigenvalue weighted by Crippen LogP contribution is -2.79. The van der Waals surface area contributed by atoms with E-state index in [-0.39, 0.29) is 26.6 Å². The zero-order chi connectivity index (χ0) is 29.6. The molecular weight excluding hydrogens is 650 g/mol. The van der Waals surface area contributed by atoms with Crippen molar-refractivity contribution in [2.45, 2.75) is 32.3 Å². The molecule has 8 heterocycles. The minimum atomic E-state index is -1.87. The van der Waals surface area contributed by atoms with E-state index in [9.17, 15) is 19.2 Å². The Balaban J connectivity index is 1.55. The van der Waals surface area contributed by atoms with E-state index in [1.54, 1.807) is 18.5 Å². The third-order valence-electron chi connectivity index (χ3n) is 6.83. The topological polar surface area (TPSA) is 205 Å². The van der Waals surface area contributed by atoms with Gasteiger partial charge < -0.3 is 26.4 Å². The van der Waals surface area contributed by atoms with Crippen molar-refractivity contribution in [3.05, 3.63) is 45.4 Å². The van der Waals surface area contributed by atoms with Gasteiger partial charge in [-0.1, -0.05) is 58.5 Å². The van der Waals surface area contributed by atoms with Gasteiger partial charge in [-0.3, -0.25) is 24.3 Å². The maximum absolute atomic E-state index is 14.2. The van der Waals surface area contributed by atoms with Gasteiger partial charge in [-0.15, -0.1) is 11.8 Å². The minimum absolute atomic E-state index is 0.00676. The van der Waals surface area contributed by atoms with E-state index >= 15 is 0 Å². The van der Waals surface area contributed by atoms with Gasteiger partial charge >= 0.3 is 5.97 Å². The number of hydroxylamine groups is 2. The summed E-state index contributed by atoms with van der Waals surface area (Å²) in [5.74, 6) is -2.94. The number of aliphatic imine (C=N–C) groups is 1. The van der Waals surface area contributed by atoms with Crippen LogP contribution in [0.1, 0.15) is 23.6 Å². The van der Waals surface area contributed by atoms with Crippen LogP contribution in [0.25, 0.3) is 0 Å². The van der Waals surface area contributed by atoms with Gasteiger partial charge in [-0.25, -0.2) is 14.8 Å². The van der Waals surface area contributed by atoms with Gasteiger partial charge in [0, 0.05) is 22.9 Å². The molecule has 6 aliphatic heterocycles. The molecular formula is C22H16ClN9O6S4. The molecule has 2 aromatic rings. The lowest BCUT2D eigenvalue weighted by atomic mass is 9.98. The number of carbonyl (C=O) groups excluding carboxylic acids is 4. The van der Waals surface area contributed by atoms with Crippen molar-refractivity contribution >= 4 is 99.1 Å². The number of β-lactam (4-membered cyclic amide) rings is 1. The highest BCUT2D eigenvalue weighted by Gasteiger charge is 2.78. The van der Waals surface area contributed by atoms with E-state index in [0.29, 0.717) is 22.4 Å². The second-order valence-corrected chi connectivity index (χ2v) is 14.6. The van der Waals surface area contributed by atoms with Crippen LogP contribution in [0.3, 0.4) is 0 Å². The summed E-state index contributed by atoms with van der Waals surface area (Å²) >= 11 is 11.0. The molecule has 0 aromatic carbocycles. The summed E-state index contributed by atoms with van der Waals surface area (Å²) in [5.41, 5.74) is 6.09. The number of thiazole rings is 1. The fourth-order valence-electron chi connectivity index (χ4n) is 5.21. The summed E-state index contributed by atoms with van der Waals surface area (Å²) in [6, 6.07) is 1.71. The van der Waals surface area contributed by atoms with Gasteiger partial charge in [0.1, 0.15) is 32.7 Å². The molecule has 20 heteroatoms. The Labute approximate surface area is 257 Å². The summed E-state index contributed by atoms with van der Waals surface area (Å²) in [5, 5.41) is 17.0. The minimum Gasteiger partial charge on any atom is -0.411 e. The number of thioether (sulfide) groups is 3. The second-order valence-electron chi connectivity index (χ2n) is 9.06. The third kappa shape index (κ3) is 3.50. The van der Waals surface area contributed by atoms with Crippen LogP contribution >= 0.6 is 58.2 Å². The molecule has 42 heavy (non-hydrogen) atoms. The van der Waals surface area contributed by atoms with E-state index in [1.165, 1.54) is 16.7 Å². The number of hydrogen-bond acceptors (Lipinski definition) is 16.